The summed E-state index contributed by atoms with van der Waals surface area (Å²) in [6, 6.07) is 12.2. The van der Waals surface area contributed by atoms with Gasteiger partial charge >= 0.3 is 0 Å². The number of hydrogen-bond acceptors (Lipinski definition) is 2. The molecule has 0 amide bonds. The van der Waals surface area contributed by atoms with Crippen LogP contribution >= 0.6 is 22.6 Å². The van der Waals surface area contributed by atoms with E-state index in [9.17, 15) is 4.39 Å². The van der Waals surface area contributed by atoms with E-state index in [-0.39, 0.29) is 11.9 Å². The summed E-state index contributed by atoms with van der Waals surface area (Å²) in [4.78, 5) is 0. The lowest BCUT2D eigenvalue weighted by Gasteiger charge is -2.13. The van der Waals surface area contributed by atoms with Crippen molar-refractivity contribution < 1.29 is 9.13 Å². The van der Waals surface area contributed by atoms with Crippen LogP contribution in [0.4, 0.5) is 4.39 Å². The fourth-order valence-electron chi connectivity index (χ4n) is 1.78. The average Bonchev–Trinajstić information content (AvgIpc) is 2.34. The second kappa shape index (κ2) is 6.34. The highest BCUT2D eigenvalue weighted by atomic mass is 127. The van der Waals surface area contributed by atoms with E-state index in [0.717, 1.165) is 14.9 Å². The van der Waals surface area contributed by atoms with Gasteiger partial charge in [-0.05, 0) is 84.0 Å². The van der Waals surface area contributed by atoms with Gasteiger partial charge in [-0.15, -0.1) is 0 Å². The summed E-state index contributed by atoms with van der Waals surface area (Å²) in [6.45, 7) is 1.89. The van der Waals surface area contributed by atoms with E-state index >= 15 is 0 Å². The molecule has 0 radical (unpaired) electrons. The topological polar surface area (TPSA) is 35.2 Å². The highest BCUT2D eigenvalue weighted by molar-refractivity contribution is 14.1. The van der Waals surface area contributed by atoms with Gasteiger partial charge in [-0.3, -0.25) is 0 Å². The van der Waals surface area contributed by atoms with Gasteiger partial charge in [0.05, 0.1) is 0 Å². The summed E-state index contributed by atoms with van der Waals surface area (Å²) < 4.78 is 20.2. The van der Waals surface area contributed by atoms with Crippen molar-refractivity contribution in [1.82, 2.24) is 0 Å². The first-order valence-corrected chi connectivity index (χ1v) is 7.10. The fraction of sp³-hybridized carbons (Fsp3) is 0.200. The summed E-state index contributed by atoms with van der Waals surface area (Å²) in [5, 5.41) is 0. The van der Waals surface area contributed by atoms with Crippen molar-refractivity contribution in [3.8, 4) is 11.5 Å². The minimum Gasteiger partial charge on any atom is -0.457 e. The Hall–Kier alpha value is -1.14. The van der Waals surface area contributed by atoms with Crippen molar-refractivity contribution in [2.75, 3.05) is 0 Å². The third kappa shape index (κ3) is 4.18. The molecule has 100 valence electrons. The normalized spacial score (nSPS) is 12.2. The van der Waals surface area contributed by atoms with Gasteiger partial charge in [0.15, 0.2) is 0 Å². The van der Waals surface area contributed by atoms with Crippen LogP contribution in [0.15, 0.2) is 42.5 Å². The molecule has 0 aliphatic rings. The Morgan fingerprint density at radius 1 is 1.21 bits per heavy atom. The second-order valence-corrected chi connectivity index (χ2v) is 5.74. The molecule has 0 saturated heterocycles. The quantitative estimate of drug-likeness (QED) is 0.821. The van der Waals surface area contributed by atoms with Gasteiger partial charge < -0.3 is 10.5 Å². The van der Waals surface area contributed by atoms with Crippen LogP contribution in [0.25, 0.3) is 0 Å². The maximum atomic E-state index is 13.3. The fourth-order valence-corrected chi connectivity index (χ4v) is 2.14. The molecule has 0 aliphatic heterocycles. The number of hydrogen-bond donors (Lipinski definition) is 1. The molecule has 0 spiro atoms. The molecule has 1 unspecified atom stereocenters. The highest BCUT2D eigenvalue weighted by Gasteiger charge is 2.09. The van der Waals surface area contributed by atoms with Gasteiger partial charge in [0.25, 0.3) is 0 Å². The van der Waals surface area contributed by atoms with Crippen LogP contribution in [0.5, 0.6) is 11.5 Å². The van der Waals surface area contributed by atoms with Crippen molar-refractivity contribution in [2.45, 2.75) is 19.4 Å². The molecule has 2 N–H and O–H groups in total. The first-order valence-electron chi connectivity index (χ1n) is 6.02. The summed E-state index contributed by atoms with van der Waals surface area (Å²) in [5.74, 6) is 1.11. The first-order chi connectivity index (χ1) is 9.04. The van der Waals surface area contributed by atoms with Crippen molar-refractivity contribution in [3.05, 3.63) is 57.4 Å². The van der Waals surface area contributed by atoms with Crippen molar-refractivity contribution >= 4 is 22.6 Å². The van der Waals surface area contributed by atoms with Crippen LogP contribution < -0.4 is 10.5 Å². The standard InChI is InChI=1S/C15H15FINO/c1-10(18)8-11-9-12(16)2-7-15(11)19-14-5-3-13(17)4-6-14/h2-7,9-10H,8,18H2,1H3. The molecule has 2 nitrogen and oxygen atoms in total. The minimum absolute atomic E-state index is 0.0409. The van der Waals surface area contributed by atoms with Crippen molar-refractivity contribution in [3.63, 3.8) is 0 Å². The summed E-state index contributed by atoms with van der Waals surface area (Å²) in [6.07, 6.45) is 0.581. The molecule has 1 atom stereocenters. The molecule has 4 heteroatoms. The number of benzene rings is 2. The lowest BCUT2D eigenvalue weighted by atomic mass is 10.1. The van der Waals surface area contributed by atoms with Gasteiger partial charge in [-0.2, -0.15) is 0 Å². The Balaban J connectivity index is 2.26. The van der Waals surface area contributed by atoms with E-state index < -0.39 is 0 Å². The molecule has 2 aromatic rings. The Morgan fingerprint density at radius 3 is 2.53 bits per heavy atom. The maximum absolute atomic E-state index is 13.3. The van der Waals surface area contributed by atoms with E-state index in [2.05, 4.69) is 22.6 Å². The number of nitrogens with two attached hydrogens (primary N) is 1. The van der Waals surface area contributed by atoms with Gasteiger partial charge in [0.1, 0.15) is 17.3 Å². The lowest BCUT2D eigenvalue weighted by Crippen LogP contribution is -2.18. The second-order valence-electron chi connectivity index (χ2n) is 4.49. The third-order valence-electron chi connectivity index (χ3n) is 2.61. The number of rotatable bonds is 4. The molecule has 2 rings (SSSR count). The number of halogens is 2. The third-order valence-corrected chi connectivity index (χ3v) is 3.33. The first kappa shape index (κ1) is 14.3. The van der Waals surface area contributed by atoms with Gasteiger partial charge in [-0.1, -0.05) is 0 Å². The van der Waals surface area contributed by atoms with E-state index in [1.165, 1.54) is 12.1 Å². The zero-order valence-corrected chi connectivity index (χ0v) is 12.7. The molecule has 0 fully saturated rings. The zero-order chi connectivity index (χ0) is 13.8. The average molecular weight is 371 g/mol. The van der Waals surface area contributed by atoms with E-state index in [4.69, 9.17) is 10.5 Å². The predicted octanol–water partition coefficient (Wildman–Crippen LogP) is 4.11. The summed E-state index contributed by atoms with van der Waals surface area (Å²) in [7, 11) is 0. The Morgan fingerprint density at radius 2 is 1.89 bits per heavy atom. The molecule has 0 bridgehead atoms. The summed E-state index contributed by atoms with van der Waals surface area (Å²) >= 11 is 2.23. The SMILES string of the molecule is CC(N)Cc1cc(F)ccc1Oc1ccc(I)cc1. The largest absolute Gasteiger partial charge is 0.457 e. The molecule has 19 heavy (non-hydrogen) atoms. The van der Waals surface area contributed by atoms with Crippen LogP contribution in [0, 0.1) is 9.39 Å². The zero-order valence-electron chi connectivity index (χ0n) is 10.6. The molecule has 0 aliphatic carbocycles. The van der Waals surface area contributed by atoms with E-state index in [1.54, 1.807) is 6.07 Å². The maximum Gasteiger partial charge on any atom is 0.130 e. The van der Waals surface area contributed by atoms with Crippen LogP contribution in [-0.4, -0.2) is 6.04 Å². The molecule has 2 aromatic carbocycles. The molecular formula is C15H15FINO. The van der Waals surface area contributed by atoms with Crippen LogP contribution in [0.2, 0.25) is 0 Å². The van der Waals surface area contributed by atoms with Crippen LogP contribution in [0.1, 0.15) is 12.5 Å². The van der Waals surface area contributed by atoms with Crippen molar-refractivity contribution in [2.24, 2.45) is 5.73 Å². The van der Waals surface area contributed by atoms with Gasteiger partial charge in [-0.25, -0.2) is 4.39 Å². The lowest BCUT2D eigenvalue weighted by molar-refractivity contribution is 0.471. The Bertz CT molecular complexity index is 555. The van der Waals surface area contributed by atoms with Crippen LogP contribution in [0.3, 0.4) is 0 Å². The molecule has 0 heterocycles. The molecular weight excluding hydrogens is 356 g/mol. The van der Waals surface area contributed by atoms with E-state index in [0.29, 0.717) is 12.2 Å². The van der Waals surface area contributed by atoms with Crippen molar-refractivity contribution in [1.29, 1.82) is 0 Å². The van der Waals surface area contributed by atoms with Crippen LogP contribution in [-0.2, 0) is 6.42 Å². The predicted molar refractivity (Wildman–Crippen MR) is 83.0 cm³/mol. The smallest absolute Gasteiger partial charge is 0.130 e. The minimum atomic E-state index is -0.273. The summed E-state index contributed by atoms with van der Waals surface area (Å²) in [5.41, 5.74) is 6.56. The molecule has 0 aromatic heterocycles. The molecule has 0 saturated carbocycles. The highest BCUT2D eigenvalue weighted by Crippen LogP contribution is 2.27. The number of ether oxygens (including phenoxy) is 1. The monoisotopic (exact) mass is 371 g/mol. The van der Waals surface area contributed by atoms with E-state index in [1.807, 2.05) is 31.2 Å². The van der Waals surface area contributed by atoms with Gasteiger partial charge in [0, 0.05) is 9.61 Å². The Labute approximate surface area is 125 Å². The Kier molecular flexibility index (Phi) is 4.76. The van der Waals surface area contributed by atoms with Gasteiger partial charge in [0.2, 0.25) is 0 Å².